The molecular formula is C23H27N5O3. The van der Waals surface area contributed by atoms with Crippen molar-refractivity contribution in [3.63, 3.8) is 0 Å². The first-order chi connectivity index (χ1) is 15.1. The molecule has 1 amide bonds. The molecule has 4 rings (SSSR count). The highest BCUT2D eigenvalue weighted by molar-refractivity contribution is 6.04. The molecule has 3 aromatic rings. The van der Waals surface area contributed by atoms with Crippen LogP contribution in [0.2, 0.25) is 0 Å². The van der Waals surface area contributed by atoms with Gasteiger partial charge in [0, 0.05) is 50.8 Å². The van der Waals surface area contributed by atoms with E-state index in [4.69, 9.17) is 0 Å². The normalized spacial score (nSPS) is 15.7. The Morgan fingerprint density at radius 2 is 1.65 bits per heavy atom. The number of carbonyl (C=O) groups is 1. The first kappa shape index (κ1) is 21.0. The van der Waals surface area contributed by atoms with Gasteiger partial charge in [-0.2, -0.15) is 5.10 Å². The van der Waals surface area contributed by atoms with Gasteiger partial charge in [0.25, 0.3) is 11.5 Å². The van der Waals surface area contributed by atoms with Gasteiger partial charge in [-0.3, -0.25) is 14.5 Å². The van der Waals surface area contributed by atoms with Crippen molar-refractivity contribution < 1.29 is 9.90 Å². The Hall–Kier alpha value is -3.23. The van der Waals surface area contributed by atoms with E-state index in [1.807, 2.05) is 18.2 Å². The molecule has 2 N–H and O–H groups in total. The summed E-state index contributed by atoms with van der Waals surface area (Å²) in [6.45, 7) is 3.90. The number of benzene rings is 2. The number of aliphatic hydroxyl groups excluding tert-OH is 1. The number of para-hydroxylation sites is 1. The van der Waals surface area contributed by atoms with Crippen LogP contribution in [-0.4, -0.2) is 71.6 Å². The van der Waals surface area contributed by atoms with Crippen LogP contribution in [0.4, 0.5) is 5.69 Å². The predicted molar refractivity (Wildman–Crippen MR) is 120 cm³/mol. The van der Waals surface area contributed by atoms with Crippen LogP contribution in [0.5, 0.6) is 0 Å². The number of anilines is 1. The number of hydrogen-bond donors (Lipinski definition) is 2. The number of piperazine rings is 1. The Labute approximate surface area is 180 Å². The summed E-state index contributed by atoms with van der Waals surface area (Å²) < 4.78 is 1.21. The summed E-state index contributed by atoms with van der Waals surface area (Å²) in [5.74, 6) is -0.364. The molecule has 1 atom stereocenters. The topological polar surface area (TPSA) is 90.7 Å². The van der Waals surface area contributed by atoms with Gasteiger partial charge in [0.1, 0.15) is 0 Å². The Morgan fingerprint density at radius 3 is 2.32 bits per heavy atom. The maximum Gasteiger partial charge on any atom is 0.274 e. The van der Waals surface area contributed by atoms with Crippen molar-refractivity contribution in [2.24, 2.45) is 0 Å². The minimum absolute atomic E-state index is 0.0343. The number of hydrogen-bond acceptors (Lipinski definition) is 6. The smallest absolute Gasteiger partial charge is 0.274 e. The maximum atomic E-state index is 12.9. The molecule has 0 bridgehead atoms. The van der Waals surface area contributed by atoms with Gasteiger partial charge in [-0.1, -0.05) is 36.4 Å². The quantitative estimate of drug-likeness (QED) is 0.616. The van der Waals surface area contributed by atoms with Crippen molar-refractivity contribution >= 4 is 22.4 Å². The monoisotopic (exact) mass is 421 g/mol. The van der Waals surface area contributed by atoms with E-state index in [-0.39, 0.29) is 23.7 Å². The van der Waals surface area contributed by atoms with Gasteiger partial charge >= 0.3 is 0 Å². The van der Waals surface area contributed by atoms with E-state index in [2.05, 4.69) is 32.3 Å². The van der Waals surface area contributed by atoms with Crippen molar-refractivity contribution in [2.75, 3.05) is 44.7 Å². The Balaban J connectivity index is 1.44. The molecule has 0 spiro atoms. The number of β-amino-alcohol motifs (C(OH)–C–C–N with tert-alkyl or cyclic N) is 1. The minimum Gasteiger partial charge on any atom is -0.390 e. The van der Waals surface area contributed by atoms with Crippen LogP contribution in [0.15, 0.2) is 59.4 Å². The van der Waals surface area contributed by atoms with Crippen LogP contribution in [0, 0.1) is 0 Å². The molecule has 1 aromatic heterocycles. The summed E-state index contributed by atoms with van der Waals surface area (Å²) in [5.41, 5.74) is 1.08. The molecule has 8 heteroatoms. The lowest BCUT2D eigenvalue weighted by Crippen LogP contribution is -2.49. The van der Waals surface area contributed by atoms with Gasteiger partial charge in [-0.25, -0.2) is 4.68 Å². The van der Waals surface area contributed by atoms with Gasteiger partial charge in [-0.05, 0) is 18.2 Å². The van der Waals surface area contributed by atoms with E-state index >= 15 is 0 Å². The van der Waals surface area contributed by atoms with E-state index in [9.17, 15) is 14.7 Å². The molecule has 2 aromatic carbocycles. The molecule has 0 saturated carbocycles. The van der Waals surface area contributed by atoms with Gasteiger partial charge in [0.15, 0.2) is 5.69 Å². The third-order valence-corrected chi connectivity index (χ3v) is 5.66. The minimum atomic E-state index is -0.771. The standard InChI is InChI=1S/C23H27N5O3/c1-24-22(30)21-19-9-5-6-10-20(19)23(31)28(25-21)16-18(29)15-26-11-13-27(14-12-26)17-7-3-2-4-8-17/h2-10,18,29H,11-16H2,1H3,(H,24,30). The lowest BCUT2D eigenvalue weighted by atomic mass is 10.1. The van der Waals surface area contributed by atoms with Gasteiger partial charge in [0.05, 0.1) is 18.0 Å². The van der Waals surface area contributed by atoms with Crippen LogP contribution < -0.4 is 15.8 Å². The van der Waals surface area contributed by atoms with Gasteiger partial charge < -0.3 is 15.3 Å². The average molecular weight is 422 g/mol. The molecule has 2 heterocycles. The van der Waals surface area contributed by atoms with E-state index in [1.54, 1.807) is 24.3 Å². The SMILES string of the molecule is CNC(=O)c1nn(CC(O)CN2CCN(c3ccccc3)CC2)c(=O)c2ccccc12. The molecule has 0 aliphatic carbocycles. The van der Waals surface area contributed by atoms with E-state index in [0.29, 0.717) is 17.3 Å². The second-order valence-electron chi connectivity index (χ2n) is 7.74. The molecule has 1 saturated heterocycles. The lowest BCUT2D eigenvalue weighted by Gasteiger charge is -2.36. The highest BCUT2D eigenvalue weighted by Gasteiger charge is 2.21. The fraction of sp³-hybridized carbons (Fsp3) is 0.348. The summed E-state index contributed by atoms with van der Waals surface area (Å²) in [7, 11) is 1.53. The van der Waals surface area contributed by atoms with Crippen molar-refractivity contribution in [3.8, 4) is 0 Å². The number of aliphatic hydroxyl groups is 1. The summed E-state index contributed by atoms with van der Waals surface area (Å²) in [6, 6.07) is 17.2. The van der Waals surface area contributed by atoms with E-state index in [1.165, 1.54) is 17.4 Å². The molecular weight excluding hydrogens is 394 g/mol. The second kappa shape index (κ2) is 9.28. The molecule has 162 valence electrons. The zero-order chi connectivity index (χ0) is 21.8. The number of nitrogens with zero attached hydrogens (tertiary/aromatic N) is 4. The molecule has 0 radical (unpaired) electrons. The van der Waals surface area contributed by atoms with Crippen molar-refractivity contribution in [3.05, 3.63) is 70.6 Å². The largest absolute Gasteiger partial charge is 0.390 e. The molecule has 1 unspecified atom stereocenters. The number of nitrogens with one attached hydrogen (secondary N) is 1. The Bertz CT molecular complexity index is 1110. The third kappa shape index (κ3) is 4.60. The van der Waals surface area contributed by atoms with Crippen LogP contribution >= 0.6 is 0 Å². The maximum absolute atomic E-state index is 12.9. The highest BCUT2D eigenvalue weighted by Crippen LogP contribution is 2.16. The van der Waals surface area contributed by atoms with Crippen LogP contribution in [-0.2, 0) is 6.54 Å². The number of rotatable bonds is 6. The van der Waals surface area contributed by atoms with Crippen molar-refractivity contribution in [1.82, 2.24) is 20.0 Å². The fourth-order valence-electron chi connectivity index (χ4n) is 4.03. The predicted octanol–water partition coefficient (Wildman–Crippen LogP) is 0.939. The number of amides is 1. The third-order valence-electron chi connectivity index (χ3n) is 5.66. The highest BCUT2D eigenvalue weighted by atomic mass is 16.3. The van der Waals surface area contributed by atoms with E-state index < -0.39 is 6.10 Å². The lowest BCUT2D eigenvalue weighted by molar-refractivity contribution is 0.0889. The fourth-order valence-corrected chi connectivity index (χ4v) is 4.03. The molecule has 1 aliphatic rings. The first-order valence-corrected chi connectivity index (χ1v) is 10.5. The second-order valence-corrected chi connectivity index (χ2v) is 7.74. The Kier molecular flexibility index (Phi) is 6.29. The number of carbonyl (C=O) groups excluding carboxylic acids is 1. The molecule has 1 aliphatic heterocycles. The number of fused-ring (bicyclic) bond motifs is 1. The number of aromatic nitrogens is 2. The van der Waals surface area contributed by atoms with Crippen LogP contribution in [0.3, 0.4) is 0 Å². The summed E-state index contributed by atoms with van der Waals surface area (Å²) in [6.07, 6.45) is -0.771. The summed E-state index contributed by atoms with van der Waals surface area (Å²) in [5, 5.41) is 18.4. The summed E-state index contributed by atoms with van der Waals surface area (Å²) in [4.78, 5) is 29.7. The zero-order valence-corrected chi connectivity index (χ0v) is 17.6. The first-order valence-electron chi connectivity index (χ1n) is 10.5. The molecule has 31 heavy (non-hydrogen) atoms. The van der Waals surface area contributed by atoms with Crippen molar-refractivity contribution in [2.45, 2.75) is 12.6 Å². The van der Waals surface area contributed by atoms with Crippen molar-refractivity contribution in [1.29, 1.82) is 0 Å². The summed E-state index contributed by atoms with van der Waals surface area (Å²) >= 11 is 0. The van der Waals surface area contributed by atoms with Gasteiger partial charge in [-0.15, -0.1) is 0 Å². The van der Waals surface area contributed by atoms with Crippen LogP contribution in [0.25, 0.3) is 10.8 Å². The average Bonchev–Trinajstić information content (AvgIpc) is 2.81. The Morgan fingerprint density at radius 1 is 1.00 bits per heavy atom. The van der Waals surface area contributed by atoms with Gasteiger partial charge in [0.2, 0.25) is 0 Å². The van der Waals surface area contributed by atoms with Crippen LogP contribution in [0.1, 0.15) is 10.5 Å². The van der Waals surface area contributed by atoms with E-state index in [0.717, 1.165) is 26.2 Å². The molecule has 1 fully saturated rings. The zero-order valence-electron chi connectivity index (χ0n) is 17.6. The molecule has 8 nitrogen and oxygen atoms in total.